The lowest BCUT2D eigenvalue weighted by Crippen LogP contribution is -2.38. The molecule has 0 aliphatic carbocycles. The lowest BCUT2D eigenvalue weighted by molar-refractivity contribution is -0.162. The second-order valence-corrected chi connectivity index (χ2v) is 13.1. The summed E-state index contributed by atoms with van der Waals surface area (Å²) in [4.78, 5) is 37.3. The van der Waals surface area contributed by atoms with Crippen LogP contribution in [0, 0.1) is 0 Å². The van der Waals surface area contributed by atoms with Crippen molar-refractivity contribution < 1.29 is 24.3 Å². The average Bonchev–Trinajstić information content (AvgIpc) is 3.70. The molecule has 0 saturated heterocycles. The van der Waals surface area contributed by atoms with Gasteiger partial charge in [-0.15, -0.1) is 11.3 Å². The van der Waals surface area contributed by atoms with Crippen LogP contribution in [0.25, 0.3) is 0 Å². The summed E-state index contributed by atoms with van der Waals surface area (Å²) in [6.07, 6.45) is -2.13. The molecule has 1 aromatic heterocycles. The maximum atomic E-state index is 14.0. The largest absolute Gasteiger partial charge is 0.476 e. The summed E-state index contributed by atoms with van der Waals surface area (Å²) in [6, 6.07) is 57.5. The molecule has 2 N–H and O–H groups in total. The molecule has 0 fully saturated rings. The molecule has 0 aliphatic heterocycles. The van der Waals surface area contributed by atoms with E-state index in [-0.39, 0.29) is 5.69 Å². The number of aliphatic carboxylic acids is 1. The molecule has 8 nitrogen and oxygen atoms in total. The maximum Gasteiger partial charge on any atom is 0.360 e. The van der Waals surface area contributed by atoms with Gasteiger partial charge in [0.05, 0.1) is 0 Å². The number of aromatic nitrogens is 1. The average molecular weight is 730 g/mol. The van der Waals surface area contributed by atoms with E-state index in [2.05, 4.69) is 10.5 Å². The van der Waals surface area contributed by atoms with Gasteiger partial charge in [0, 0.05) is 10.9 Å². The second-order valence-electron chi connectivity index (χ2n) is 12.3. The van der Waals surface area contributed by atoms with Crippen LogP contribution in [0.2, 0.25) is 0 Å². The van der Waals surface area contributed by atoms with E-state index in [4.69, 9.17) is 14.6 Å². The van der Waals surface area contributed by atoms with E-state index in [1.807, 2.05) is 152 Å². The molecule has 6 aromatic carbocycles. The number of nitrogens with zero attached hydrogens (tertiary/aromatic N) is 2. The maximum absolute atomic E-state index is 14.0. The second kappa shape index (κ2) is 16.7. The zero-order chi connectivity index (χ0) is 37.2. The van der Waals surface area contributed by atoms with Gasteiger partial charge in [0.1, 0.15) is 11.2 Å². The van der Waals surface area contributed by atoms with Crippen molar-refractivity contribution in [2.45, 2.75) is 17.7 Å². The minimum atomic E-state index is -1.38. The first-order chi connectivity index (χ1) is 26.5. The van der Waals surface area contributed by atoms with Crippen molar-refractivity contribution in [3.63, 3.8) is 0 Å². The van der Waals surface area contributed by atoms with E-state index < -0.39 is 35.4 Å². The van der Waals surface area contributed by atoms with Gasteiger partial charge in [0.15, 0.2) is 11.2 Å². The van der Waals surface area contributed by atoms with Gasteiger partial charge in [0.25, 0.3) is 0 Å². The summed E-state index contributed by atoms with van der Waals surface area (Å²) >= 11 is 1.23. The summed E-state index contributed by atoms with van der Waals surface area (Å²) in [6.45, 7) is 0. The molecule has 0 amide bonds. The Kier molecular flexibility index (Phi) is 11.0. The molecule has 0 saturated carbocycles. The van der Waals surface area contributed by atoms with Gasteiger partial charge in [-0.25, -0.2) is 14.6 Å². The van der Waals surface area contributed by atoms with Crippen LogP contribution in [0.3, 0.4) is 0 Å². The Labute approximate surface area is 317 Å². The van der Waals surface area contributed by atoms with Crippen LogP contribution in [0.15, 0.2) is 193 Å². The highest BCUT2D eigenvalue weighted by Crippen LogP contribution is 2.40. The quantitative estimate of drug-likeness (QED) is 0.0497. The Morgan fingerprint density at radius 2 is 1.02 bits per heavy atom. The van der Waals surface area contributed by atoms with Crippen LogP contribution in [0.4, 0.5) is 5.13 Å². The fourth-order valence-corrected chi connectivity index (χ4v) is 7.06. The summed E-state index contributed by atoms with van der Waals surface area (Å²) in [5.41, 5.74) is 3.55. The van der Waals surface area contributed by atoms with Gasteiger partial charge in [-0.1, -0.05) is 187 Å². The number of oxime groups is 1. The number of ether oxygens (including phenoxy) is 1. The molecule has 1 unspecified atom stereocenters. The van der Waals surface area contributed by atoms with Crippen molar-refractivity contribution in [3.8, 4) is 0 Å². The first kappa shape index (κ1) is 35.6. The Bertz CT molecular complexity index is 2170. The van der Waals surface area contributed by atoms with Crippen molar-refractivity contribution in [2.75, 3.05) is 5.32 Å². The first-order valence-electron chi connectivity index (χ1n) is 17.3. The third kappa shape index (κ3) is 7.81. The van der Waals surface area contributed by atoms with Crippen LogP contribution in [-0.4, -0.2) is 27.7 Å². The molecule has 266 valence electrons. The van der Waals surface area contributed by atoms with Crippen molar-refractivity contribution in [1.82, 2.24) is 4.98 Å². The highest BCUT2D eigenvalue weighted by molar-refractivity contribution is 7.14. The van der Waals surface area contributed by atoms with E-state index >= 15 is 0 Å². The van der Waals surface area contributed by atoms with E-state index in [0.29, 0.717) is 10.7 Å². The normalized spacial score (nSPS) is 12.1. The Balaban J connectivity index is 1.22. The molecule has 0 aliphatic rings. The molecule has 7 rings (SSSR count). The molecule has 1 heterocycles. The number of anilines is 1. The highest BCUT2D eigenvalue weighted by Gasteiger charge is 2.37. The Hall–Kier alpha value is -6.84. The lowest BCUT2D eigenvalue weighted by atomic mass is 9.77. The predicted octanol–water partition coefficient (Wildman–Crippen LogP) is 9.43. The third-order valence-corrected chi connectivity index (χ3v) is 9.63. The molecule has 7 aromatic rings. The fraction of sp³-hybridized carbons (Fsp3) is 0.0667. The number of carboxylic acid groups (broad SMARTS) is 1. The van der Waals surface area contributed by atoms with Gasteiger partial charge in [-0.2, -0.15) is 0 Å². The van der Waals surface area contributed by atoms with Crippen molar-refractivity contribution >= 4 is 34.1 Å². The van der Waals surface area contributed by atoms with Crippen LogP contribution in [0.1, 0.15) is 51.3 Å². The summed E-state index contributed by atoms with van der Waals surface area (Å²) < 4.78 is 6.12. The predicted molar refractivity (Wildman–Crippen MR) is 210 cm³/mol. The minimum absolute atomic E-state index is 0.0599. The smallest absolute Gasteiger partial charge is 0.360 e. The standard InChI is InChI=1S/C45H35N3O5S/c49-42(50)39(48-53-41(34-23-11-3-12-24-34)43(51)52-40(32-19-7-1-8-20-32)33-21-9-2-10-22-33)38-31-54-44(46-38)47-45(35-25-13-4-14-26-35,36-27-15-5-16-28-36)37-29-17-6-18-30-37/h1-31,40-41H,(H,46,47)(H,49,50)/b48-39+. The van der Waals surface area contributed by atoms with E-state index in [1.165, 1.54) is 11.3 Å². The van der Waals surface area contributed by atoms with Gasteiger partial charge < -0.3 is 20.0 Å². The number of esters is 1. The summed E-state index contributed by atoms with van der Waals surface area (Å²) in [5, 5.41) is 20.2. The number of carbonyl (C=O) groups is 2. The molecule has 1 atom stereocenters. The number of hydrogen-bond acceptors (Lipinski definition) is 8. The lowest BCUT2D eigenvalue weighted by Gasteiger charge is -2.36. The molecule has 0 spiro atoms. The van der Waals surface area contributed by atoms with E-state index in [9.17, 15) is 14.7 Å². The minimum Gasteiger partial charge on any atom is -0.476 e. The molecule has 9 heteroatoms. The molecule has 54 heavy (non-hydrogen) atoms. The van der Waals surface area contributed by atoms with Crippen molar-refractivity contribution in [3.05, 3.63) is 226 Å². The molecule has 0 bridgehead atoms. The van der Waals surface area contributed by atoms with E-state index in [0.717, 1.165) is 27.8 Å². The number of hydrogen-bond donors (Lipinski definition) is 2. The van der Waals surface area contributed by atoms with Crippen molar-refractivity contribution in [1.29, 1.82) is 0 Å². The number of benzene rings is 6. The van der Waals surface area contributed by atoms with Gasteiger partial charge in [-0.05, 0) is 27.8 Å². The first-order valence-corrected chi connectivity index (χ1v) is 18.1. The number of thiazole rings is 1. The zero-order valence-electron chi connectivity index (χ0n) is 28.9. The number of rotatable bonds is 14. The van der Waals surface area contributed by atoms with Crippen LogP contribution in [-0.2, 0) is 24.7 Å². The summed E-state index contributed by atoms with van der Waals surface area (Å²) in [5.74, 6) is -2.12. The Morgan fingerprint density at radius 1 is 0.611 bits per heavy atom. The van der Waals surface area contributed by atoms with E-state index in [1.54, 1.807) is 35.7 Å². The zero-order valence-corrected chi connectivity index (χ0v) is 29.8. The number of carboxylic acids is 1. The molecule has 0 radical (unpaired) electrons. The Morgan fingerprint density at radius 3 is 1.44 bits per heavy atom. The van der Waals surface area contributed by atoms with Crippen molar-refractivity contribution in [2.24, 2.45) is 5.16 Å². The summed E-state index contributed by atoms with van der Waals surface area (Å²) in [7, 11) is 0. The molecular formula is C45H35N3O5S. The van der Waals surface area contributed by atoms with Gasteiger partial charge in [0.2, 0.25) is 11.8 Å². The fourth-order valence-electron chi connectivity index (χ4n) is 6.31. The SMILES string of the molecule is O=C(O)/C(=N/OC(C(=O)OC(c1ccccc1)c1ccccc1)c1ccccc1)c1csc(NC(c2ccccc2)(c2ccccc2)c2ccccc2)n1. The topological polar surface area (TPSA) is 110 Å². The third-order valence-electron chi connectivity index (χ3n) is 8.87. The van der Waals surface area contributed by atoms with Crippen LogP contribution < -0.4 is 5.32 Å². The monoisotopic (exact) mass is 729 g/mol. The van der Waals surface area contributed by atoms with Crippen LogP contribution >= 0.6 is 11.3 Å². The van der Waals surface area contributed by atoms with Crippen LogP contribution in [0.5, 0.6) is 0 Å². The van der Waals surface area contributed by atoms with Gasteiger partial charge in [-0.3, -0.25) is 0 Å². The number of nitrogens with one attached hydrogen (secondary N) is 1. The number of carbonyl (C=O) groups excluding carboxylic acids is 1. The molecular weight excluding hydrogens is 695 g/mol. The highest BCUT2D eigenvalue weighted by atomic mass is 32.1. The van der Waals surface area contributed by atoms with Gasteiger partial charge >= 0.3 is 11.9 Å².